The number of halogens is 3. The van der Waals surface area contributed by atoms with Gasteiger partial charge in [0.15, 0.2) is 5.65 Å². The Morgan fingerprint density at radius 2 is 1.82 bits per heavy atom. The topological polar surface area (TPSA) is 58.4 Å². The van der Waals surface area contributed by atoms with Crippen molar-refractivity contribution in [3.8, 4) is 0 Å². The summed E-state index contributed by atoms with van der Waals surface area (Å²) in [5, 5.41) is 14.2. The van der Waals surface area contributed by atoms with E-state index in [9.17, 15) is 13.2 Å². The number of anilines is 1. The lowest BCUT2D eigenvalue weighted by Gasteiger charge is -2.28. The maximum atomic E-state index is 13.1. The molecular formula is C19H21F3N6. The van der Waals surface area contributed by atoms with Crippen molar-refractivity contribution >= 4 is 11.5 Å². The summed E-state index contributed by atoms with van der Waals surface area (Å²) in [7, 11) is 0. The molecule has 0 fully saturated rings. The summed E-state index contributed by atoms with van der Waals surface area (Å²) < 4.78 is 40.2. The minimum Gasteiger partial charge on any atom is -0.367 e. The van der Waals surface area contributed by atoms with Crippen LogP contribution in [-0.4, -0.2) is 44.3 Å². The Balaban J connectivity index is 1.48. The number of nitrogens with one attached hydrogen (secondary N) is 1. The van der Waals surface area contributed by atoms with Crippen LogP contribution in [0.1, 0.15) is 28.1 Å². The third-order valence-corrected chi connectivity index (χ3v) is 5.28. The first-order chi connectivity index (χ1) is 13.3. The Bertz CT molecular complexity index is 1010. The van der Waals surface area contributed by atoms with Crippen LogP contribution in [-0.2, 0) is 19.1 Å². The van der Waals surface area contributed by atoms with Crippen LogP contribution in [0.15, 0.2) is 24.3 Å². The average molecular weight is 390 g/mol. The van der Waals surface area contributed by atoms with Crippen LogP contribution in [0.25, 0.3) is 5.65 Å². The fraction of sp³-hybridized carbons (Fsp3) is 0.421. The third-order valence-electron chi connectivity index (χ3n) is 5.28. The minimum absolute atomic E-state index is 0.128. The molecule has 1 N–H and O–H groups in total. The molecule has 148 valence electrons. The van der Waals surface area contributed by atoms with Gasteiger partial charge in [0.25, 0.3) is 5.82 Å². The highest BCUT2D eigenvalue weighted by Crippen LogP contribution is 2.29. The summed E-state index contributed by atoms with van der Waals surface area (Å²) in [5.41, 5.74) is 4.25. The maximum absolute atomic E-state index is 13.1. The molecule has 0 aliphatic carbocycles. The first kappa shape index (κ1) is 18.7. The zero-order valence-corrected chi connectivity index (χ0v) is 15.7. The van der Waals surface area contributed by atoms with E-state index >= 15 is 0 Å². The van der Waals surface area contributed by atoms with E-state index in [1.54, 1.807) is 6.92 Å². The number of fused-ring (bicyclic) bond motifs is 2. The molecule has 0 amide bonds. The summed E-state index contributed by atoms with van der Waals surface area (Å²) in [6.07, 6.45) is -3.60. The van der Waals surface area contributed by atoms with Crippen LogP contribution < -0.4 is 5.32 Å². The van der Waals surface area contributed by atoms with Gasteiger partial charge < -0.3 is 5.32 Å². The molecule has 1 aromatic carbocycles. The van der Waals surface area contributed by atoms with Crippen LogP contribution in [0.5, 0.6) is 0 Å². The molecule has 0 saturated carbocycles. The third kappa shape index (κ3) is 3.42. The highest BCUT2D eigenvalue weighted by molar-refractivity contribution is 5.58. The van der Waals surface area contributed by atoms with Crippen molar-refractivity contribution in [3.63, 3.8) is 0 Å². The van der Waals surface area contributed by atoms with Gasteiger partial charge in [0, 0.05) is 31.7 Å². The summed E-state index contributed by atoms with van der Waals surface area (Å²) >= 11 is 0. The number of rotatable bonds is 4. The molecule has 1 aliphatic rings. The Morgan fingerprint density at radius 1 is 1.07 bits per heavy atom. The first-order valence-electron chi connectivity index (χ1n) is 9.17. The number of hydrogen-bond donors (Lipinski definition) is 1. The Morgan fingerprint density at radius 3 is 2.57 bits per heavy atom. The molecule has 0 spiro atoms. The number of aromatic nitrogens is 4. The molecule has 2 aromatic heterocycles. The fourth-order valence-corrected chi connectivity index (χ4v) is 3.55. The monoisotopic (exact) mass is 390 g/mol. The number of aryl methyl sites for hydroxylation is 1. The van der Waals surface area contributed by atoms with Gasteiger partial charge in [0.2, 0.25) is 0 Å². The molecule has 4 rings (SSSR count). The predicted molar refractivity (Wildman–Crippen MR) is 99.2 cm³/mol. The smallest absolute Gasteiger partial charge is 0.367 e. The molecule has 3 aromatic rings. The van der Waals surface area contributed by atoms with Crippen LogP contribution in [0.2, 0.25) is 0 Å². The molecule has 1 aliphatic heterocycles. The molecule has 3 heterocycles. The summed E-state index contributed by atoms with van der Waals surface area (Å²) in [6.45, 7) is 6.77. The largest absolute Gasteiger partial charge is 0.453 e. The van der Waals surface area contributed by atoms with E-state index in [0.29, 0.717) is 17.9 Å². The van der Waals surface area contributed by atoms with Crippen LogP contribution in [0.3, 0.4) is 0 Å². The summed E-state index contributed by atoms with van der Waals surface area (Å²) in [6, 6.07) is 8.41. The van der Waals surface area contributed by atoms with Gasteiger partial charge >= 0.3 is 6.18 Å². The van der Waals surface area contributed by atoms with Gasteiger partial charge in [-0.2, -0.15) is 17.7 Å². The van der Waals surface area contributed by atoms with Crippen LogP contribution in [0, 0.1) is 13.8 Å². The first-order valence-corrected chi connectivity index (χ1v) is 9.17. The van der Waals surface area contributed by atoms with Gasteiger partial charge in [-0.25, -0.2) is 0 Å². The van der Waals surface area contributed by atoms with Crippen molar-refractivity contribution in [3.05, 3.63) is 52.3 Å². The zero-order valence-electron chi connectivity index (χ0n) is 15.7. The number of alkyl halides is 3. The number of hydrogen-bond acceptors (Lipinski definition) is 5. The lowest BCUT2D eigenvalue weighted by Crippen LogP contribution is -2.34. The van der Waals surface area contributed by atoms with Gasteiger partial charge in [-0.1, -0.05) is 24.3 Å². The second-order valence-electron chi connectivity index (χ2n) is 7.08. The lowest BCUT2D eigenvalue weighted by molar-refractivity contribution is -0.146. The van der Waals surface area contributed by atoms with Crippen molar-refractivity contribution in [2.24, 2.45) is 0 Å². The van der Waals surface area contributed by atoms with E-state index in [1.165, 1.54) is 11.1 Å². The molecule has 0 radical (unpaired) electrons. The van der Waals surface area contributed by atoms with Gasteiger partial charge in [0.1, 0.15) is 5.82 Å². The molecule has 28 heavy (non-hydrogen) atoms. The van der Waals surface area contributed by atoms with Crippen molar-refractivity contribution in [1.82, 2.24) is 24.7 Å². The van der Waals surface area contributed by atoms with E-state index in [0.717, 1.165) is 36.1 Å². The number of nitrogens with zero attached hydrogens (tertiary/aromatic N) is 5. The highest BCUT2D eigenvalue weighted by Gasteiger charge is 2.38. The SMILES string of the molecule is Cc1c(NCCN2CCc3ccccc3C2)nn2c(C(F)(F)F)nnc2c1C. The second kappa shape index (κ2) is 7.05. The van der Waals surface area contributed by atoms with Gasteiger partial charge in [-0.3, -0.25) is 4.90 Å². The van der Waals surface area contributed by atoms with E-state index in [1.807, 2.05) is 13.0 Å². The fourth-order valence-electron chi connectivity index (χ4n) is 3.55. The number of benzene rings is 1. The molecule has 0 unspecified atom stereocenters. The van der Waals surface area contributed by atoms with Crippen molar-refractivity contribution in [1.29, 1.82) is 0 Å². The lowest BCUT2D eigenvalue weighted by atomic mass is 10.00. The van der Waals surface area contributed by atoms with Gasteiger partial charge in [-0.15, -0.1) is 15.3 Å². The average Bonchev–Trinajstić information content (AvgIpc) is 3.10. The normalized spacial score (nSPS) is 15.0. The molecule has 0 atom stereocenters. The zero-order chi connectivity index (χ0) is 19.9. The molecule has 0 bridgehead atoms. The van der Waals surface area contributed by atoms with Gasteiger partial charge in [0.05, 0.1) is 0 Å². The standard InChI is InChI=1S/C19H21F3N6/c1-12-13(2)17-24-25-18(19(20,21)22)28(17)26-16(12)23-8-10-27-9-7-14-5-3-4-6-15(14)11-27/h3-6H,7-11H2,1-2H3,(H,23,26). The van der Waals surface area contributed by atoms with E-state index < -0.39 is 12.0 Å². The summed E-state index contributed by atoms with van der Waals surface area (Å²) in [5.74, 6) is -0.686. The highest BCUT2D eigenvalue weighted by atomic mass is 19.4. The minimum atomic E-state index is -4.60. The maximum Gasteiger partial charge on any atom is 0.453 e. The molecular weight excluding hydrogens is 369 g/mol. The Kier molecular flexibility index (Phi) is 4.70. The van der Waals surface area contributed by atoms with Crippen molar-refractivity contribution in [2.45, 2.75) is 33.0 Å². The van der Waals surface area contributed by atoms with Crippen LogP contribution >= 0.6 is 0 Å². The summed E-state index contributed by atoms with van der Waals surface area (Å²) in [4.78, 5) is 2.33. The predicted octanol–water partition coefficient (Wildman–Crippen LogP) is 3.23. The quantitative estimate of drug-likeness (QED) is 0.741. The Labute approximate surface area is 160 Å². The van der Waals surface area contributed by atoms with Crippen LogP contribution in [0.4, 0.5) is 19.0 Å². The van der Waals surface area contributed by atoms with E-state index in [-0.39, 0.29) is 5.65 Å². The molecule has 9 heteroatoms. The van der Waals surface area contributed by atoms with Crippen molar-refractivity contribution < 1.29 is 13.2 Å². The van der Waals surface area contributed by atoms with Crippen molar-refractivity contribution in [2.75, 3.05) is 25.0 Å². The second-order valence-corrected chi connectivity index (χ2v) is 7.08. The van der Waals surface area contributed by atoms with E-state index in [4.69, 9.17) is 0 Å². The van der Waals surface area contributed by atoms with E-state index in [2.05, 4.69) is 43.7 Å². The van der Waals surface area contributed by atoms with Gasteiger partial charge in [-0.05, 0) is 37.0 Å². The molecule has 6 nitrogen and oxygen atoms in total. The molecule has 0 saturated heterocycles. The Hall–Kier alpha value is -2.68.